The molecule has 2 bridgehead atoms. The van der Waals surface area contributed by atoms with Gasteiger partial charge in [0.15, 0.2) is 0 Å². The minimum absolute atomic E-state index is 0.0907. The fourth-order valence-electron chi connectivity index (χ4n) is 5.05. The van der Waals surface area contributed by atoms with E-state index in [2.05, 4.69) is 33.8 Å². The fourth-order valence-corrected chi connectivity index (χ4v) is 5.05. The van der Waals surface area contributed by atoms with Crippen molar-refractivity contribution in [3.8, 4) is 0 Å². The Labute approximate surface area is 98.9 Å². The van der Waals surface area contributed by atoms with Crippen LogP contribution in [0.3, 0.4) is 0 Å². The van der Waals surface area contributed by atoms with Gasteiger partial charge in [0, 0.05) is 5.41 Å². The summed E-state index contributed by atoms with van der Waals surface area (Å²) in [6.45, 7) is 9.51. The molecular formula is C15H24O. The lowest BCUT2D eigenvalue weighted by atomic mass is 9.52. The number of fused-ring (bicyclic) bond motifs is 1. The molecule has 0 saturated heterocycles. The summed E-state index contributed by atoms with van der Waals surface area (Å²) in [6, 6.07) is 0. The molecule has 1 spiro atoms. The monoisotopic (exact) mass is 220 g/mol. The van der Waals surface area contributed by atoms with Gasteiger partial charge in [-0.3, -0.25) is 0 Å². The molecular weight excluding hydrogens is 196 g/mol. The van der Waals surface area contributed by atoms with Gasteiger partial charge in [0.25, 0.3) is 0 Å². The molecule has 0 aromatic carbocycles. The van der Waals surface area contributed by atoms with Crippen LogP contribution in [0.1, 0.15) is 53.4 Å². The van der Waals surface area contributed by atoms with Crippen LogP contribution in [0, 0.1) is 22.2 Å². The van der Waals surface area contributed by atoms with Crippen LogP contribution in [0.15, 0.2) is 11.6 Å². The minimum atomic E-state index is -0.0907. The highest BCUT2D eigenvalue weighted by Gasteiger charge is 2.68. The van der Waals surface area contributed by atoms with Crippen molar-refractivity contribution in [2.45, 2.75) is 59.5 Å². The van der Waals surface area contributed by atoms with Crippen molar-refractivity contribution < 1.29 is 5.11 Å². The Morgan fingerprint density at radius 1 is 1.25 bits per heavy atom. The number of rotatable bonds is 0. The molecule has 0 amide bonds. The Balaban J connectivity index is 2.20. The Kier molecular flexibility index (Phi) is 1.86. The van der Waals surface area contributed by atoms with Crippen LogP contribution in [0.2, 0.25) is 0 Å². The first-order valence-corrected chi connectivity index (χ1v) is 6.71. The first kappa shape index (κ1) is 10.8. The number of aliphatic hydroxyl groups is 1. The molecule has 3 aliphatic carbocycles. The maximum atomic E-state index is 10.5. The lowest BCUT2D eigenvalue weighted by Crippen LogP contribution is -2.49. The highest BCUT2D eigenvalue weighted by atomic mass is 16.3. The molecule has 1 heteroatoms. The highest BCUT2D eigenvalue weighted by Crippen LogP contribution is 2.73. The summed E-state index contributed by atoms with van der Waals surface area (Å²) in [5.41, 5.74) is 2.30. The third kappa shape index (κ3) is 0.932. The van der Waals surface area contributed by atoms with Crippen molar-refractivity contribution >= 4 is 0 Å². The Morgan fingerprint density at radius 2 is 1.94 bits per heavy atom. The van der Waals surface area contributed by atoms with Gasteiger partial charge in [0.1, 0.15) is 0 Å². The van der Waals surface area contributed by atoms with E-state index in [1.165, 1.54) is 19.3 Å². The second kappa shape index (κ2) is 2.75. The number of aliphatic hydroxyl groups excluding tert-OH is 1. The van der Waals surface area contributed by atoms with Gasteiger partial charge in [0.05, 0.1) is 6.10 Å². The number of hydrogen-bond acceptors (Lipinski definition) is 1. The average Bonchev–Trinajstić information content (AvgIpc) is 2.59. The molecule has 3 atom stereocenters. The lowest BCUT2D eigenvalue weighted by molar-refractivity contribution is -0.0332. The van der Waals surface area contributed by atoms with E-state index in [-0.39, 0.29) is 16.9 Å². The van der Waals surface area contributed by atoms with Gasteiger partial charge < -0.3 is 5.11 Å². The normalized spacial score (nSPS) is 47.7. The van der Waals surface area contributed by atoms with Gasteiger partial charge in [-0.05, 0) is 42.4 Å². The molecule has 3 unspecified atom stereocenters. The van der Waals surface area contributed by atoms with Gasteiger partial charge in [-0.25, -0.2) is 0 Å². The van der Waals surface area contributed by atoms with Crippen molar-refractivity contribution in [1.29, 1.82) is 0 Å². The third-order valence-corrected chi connectivity index (χ3v) is 6.17. The highest BCUT2D eigenvalue weighted by molar-refractivity contribution is 5.38. The molecule has 0 heterocycles. The quantitative estimate of drug-likeness (QED) is 0.619. The first-order valence-electron chi connectivity index (χ1n) is 6.71. The fraction of sp³-hybridized carbons (Fsp3) is 0.867. The summed E-state index contributed by atoms with van der Waals surface area (Å²) in [7, 11) is 0. The molecule has 0 aromatic rings. The van der Waals surface area contributed by atoms with E-state index in [4.69, 9.17) is 0 Å². The van der Waals surface area contributed by atoms with Crippen molar-refractivity contribution in [2.75, 3.05) is 0 Å². The first-order chi connectivity index (χ1) is 7.32. The SMILES string of the molecule is CC1(C)C2=CCCC(C)(C)C23CC1CC3O. The summed E-state index contributed by atoms with van der Waals surface area (Å²) < 4.78 is 0. The molecule has 0 radical (unpaired) electrons. The smallest absolute Gasteiger partial charge is 0.0641 e. The van der Waals surface area contributed by atoms with Gasteiger partial charge >= 0.3 is 0 Å². The Morgan fingerprint density at radius 3 is 2.56 bits per heavy atom. The van der Waals surface area contributed by atoms with E-state index in [9.17, 15) is 5.11 Å². The van der Waals surface area contributed by atoms with Crippen LogP contribution in [0.25, 0.3) is 0 Å². The predicted molar refractivity (Wildman–Crippen MR) is 66.0 cm³/mol. The molecule has 90 valence electrons. The Hall–Kier alpha value is -0.300. The van der Waals surface area contributed by atoms with E-state index in [1.54, 1.807) is 5.57 Å². The zero-order valence-electron chi connectivity index (χ0n) is 11.0. The molecule has 0 aromatic heterocycles. The second-order valence-corrected chi connectivity index (χ2v) is 7.39. The molecule has 1 nitrogen and oxygen atoms in total. The molecule has 0 aliphatic heterocycles. The topological polar surface area (TPSA) is 20.2 Å². The van der Waals surface area contributed by atoms with Gasteiger partial charge in [-0.15, -0.1) is 0 Å². The molecule has 3 rings (SSSR count). The van der Waals surface area contributed by atoms with E-state index in [0.717, 1.165) is 6.42 Å². The maximum absolute atomic E-state index is 10.5. The molecule has 1 N–H and O–H groups in total. The van der Waals surface area contributed by atoms with Crippen LogP contribution in [-0.2, 0) is 0 Å². The molecule has 3 aliphatic rings. The standard InChI is InChI=1S/C15H24O/c1-13(2)7-5-6-11-14(3,4)10-8-12(16)15(11,13)9-10/h6,10,12,16H,5,7-9H2,1-4H3. The summed E-state index contributed by atoms with van der Waals surface area (Å²) in [5, 5.41) is 10.5. The van der Waals surface area contributed by atoms with E-state index < -0.39 is 0 Å². The predicted octanol–water partition coefficient (Wildman–Crippen LogP) is 3.53. The Bertz CT molecular complexity index is 364. The van der Waals surface area contributed by atoms with E-state index in [1.807, 2.05) is 0 Å². The van der Waals surface area contributed by atoms with Crippen LogP contribution < -0.4 is 0 Å². The average molecular weight is 220 g/mol. The summed E-state index contributed by atoms with van der Waals surface area (Å²) in [4.78, 5) is 0. The van der Waals surface area contributed by atoms with Crippen LogP contribution >= 0.6 is 0 Å². The molecule has 2 fully saturated rings. The van der Waals surface area contributed by atoms with Gasteiger partial charge in [-0.1, -0.05) is 39.3 Å². The summed E-state index contributed by atoms with van der Waals surface area (Å²) in [6.07, 6.45) is 7.04. The van der Waals surface area contributed by atoms with Crippen molar-refractivity contribution in [3.05, 3.63) is 11.6 Å². The van der Waals surface area contributed by atoms with Crippen LogP contribution in [-0.4, -0.2) is 11.2 Å². The zero-order valence-corrected chi connectivity index (χ0v) is 11.0. The summed E-state index contributed by atoms with van der Waals surface area (Å²) >= 11 is 0. The van der Waals surface area contributed by atoms with Crippen LogP contribution in [0.4, 0.5) is 0 Å². The minimum Gasteiger partial charge on any atom is -0.392 e. The van der Waals surface area contributed by atoms with Gasteiger partial charge in [-0.2, -0.15) is 0 Å². The maximum Gasteiger partial charge on any atom is 0.0641 e. The summed E-state index contributed by atoms with van der Waals surface area (Å²) in [5.74, 6) is 0.700. The van der Waals surface area contributed by atoms with Crippen molar-refractivity contribution in [3.63, 3.8) is 0 Å². The number of allylic oxidation sites excluding steroid dienone is 1. The van der Waals surface area contributed by atoms with Crippen molar-refractivity contribution in [1.82, 2.24) is 0 Å². The van der Waals surface area contributed by atoms with Gasteiger partial charge in [0.2, 0.25) is 0 Å². The largest absolute Gasteiger partial charge is 0.392 e. The van der Waals surface area contributed by atoms with E-state index in [0.29, 0.717) is 11.3 Å². The number of hydrogen-bond donors (Lipinski definition) is 1. The molecule has 2 saturated carbocycles. The van der Waals surface area contributed by atoms with E-state index >= 15 is 0 Å². The molecule has 16 heavy (non-hydrogen) atoms. The zero-order chi connectivity index (χ0) is 11.8. The lowest BCUT2D eigenvalue weighted by Gasteiger charge is -2.53. The second-order valence-electron chi connectivity index (χ2n) is 7.39. The van der Waals surface area contributed by atoms with Crippen molar-refractivity contribution in [2.24, 2.45) is 22.2 Å². The third-order valence-electron chi connectivity index (χ3n) is 6.17. The van der Waals surface area contributed by atoms with Crippen LogP contribution in [0.5, 0.6) is 0 Å².